The van der Waals surface area contributed by atoms with Gasteiger partial charge in [0, 0.05) is 11.3 Å². The molecular formula is C13H17F3N2O3. The third-order valence-corrected chi connectivity index (χ3v) is 2.38. The number of hydrogen-bond donors (Lipinski definition) is 2. The van der Waals surface area contributed by atoms with Gasteiger partial charge >= 0.3 is 12.3 Å². The molecule has 0 spiro atoms. The largest absolute Gasteiger partial charge is 0.444 e. The minimum atomic E-state index is -4.68. The third kappa shape index (κ3) is 5.13. The van der Waals surface area contributed by atoms with Gasteiger partial charge in [-0.25, -0.2) is 4.79 Å². The highest BCUT2D eigenvalue weighted by Crippen LogP contribution is 2.30. The van der Waals surface area contributed by atoms with Gasteiger partial charge in [0.1, 0.15) is 5.60 Å². The van der Waals surface area contributed by atoms with Crippen molar-refractivity contribution < 1.29 is 22.7 Å². The smallest absolute Gasteiger partial charge is 0.417 e. The first-order chi connectivity index (χ1) is 9.40. The lowest BCUT2D eigenvalue weighted by atomic mass is 10.1. The minimum absolute atomic E-state index is 0.0911. The van der Waals surface area contributed by atoms with Crippen molar-refractivity contribution in [3.05, 3.63) is 33.2 Å². The van der Waals surface area contributed by atoms with Crippen molar-refractivity contribution in [3.8, 4) is 0 Å². The minimum Gasteiger partial charge on any atom is -0.444 e. The number of carbonyl (C=O) groups is 1. The maximum Gasteiger partial charge on any atom is 0.417 e. The monoisotopic (exact) mass is 306 g/mol. The van der Waals surface area contributed by atoms with Gasteiger partial charge in [0.25, 0.3) is 5.56 Å². The number of amides is 1. The van der Waals surface area contributed by atoms with Gasteiger partial charge in [0.15, 0.2) is 0 Å². The van der Waals surface area contributed by atoms with Gasteiger partial charge in [-0.1, -0.05) is 0 Å². The molecule has 0 radical (unpaired) electrons. The second kappa shape index (κ2) is 5.79. The van der Waals surface area contributed by atoms with E-state index in [4.69, 9.17) is 4.74 Å². The van der Waals surface area contributed by atoms with Gasteiger partial charge in [-0.2, -0.15) is 13.2 Å². The second-order valence-electron chi connectivity index (χ2n) is 5.53. The average molecular weight is 306 g/mol. The van der Waals surface area contributed by atoms with Crippen LogP contribution in [0.2, 0.25) is 0 Å². The molecule has 2 N–H and O–H groups in total. The van der Waals surface area contributed by atoms with Gasteiger partial charge in [0.05, 0.1) is 12.1 Å². The number of rotatable bonds is 2. The number of alkyl halides is 3. The molecule has 0 fully saturated rings. The first-order valence-corrected chi connectivity index (χ1v) is 6.17. The van der Waals surface area contributed by atoms with Gasteiger partial charge in [-0.05, 0) is 33.8 Å². The SMILES string of the molecule is Cc1cc(C(F)(F)F)c(CNC(=O)OC(C)(C)C)c(=O)[nH]1. The van der Waals surface area contributed by atoms with E-state index in [-0.39, 0.29) is 5.69 Å². The first-order valence-electron chi connectivity index (χ1n) is 6.17. The Bertz CT molecular complexity index is 586. The number of aromatic amines is 1. The Kier molecular flexibility index (Phi) is 4.70. The van der Waals surface area contributed by atoms with E-state index in [1.54, 1.807) is 20.8 Å². The van der Waals surface area contributed by atoms with Gasteiger partial charge in [-0.3, -0.25) is 4.79 Å². The fourth-order valence-corrected chi connectivity index (χ4v) is 1.62. The molecule has 8 heteroatoms. The van der Waals surface area contributed by atoms with Crippen LogP contribution in [0.4, 0.5) is 18.0 Å². The van der Waals surface area contributed by atoms with E-state index in [2.05, 4.69) is 10.3 Å². The highest BCUT2D eigenvalue weighted by atomic mass is 19.4. The fraction of sp³-hybridized carbons (Fsp3) is 0.538. The van der Waals surface area contributed by atoms with Crippen LogP contribution in [0.1, 0.15) is 37.6 Å². The standard InChI is InChI=1S/C13H17F3N2O3/c1-7-5-9(13(14,15)16)8(10(19)18-7)6-17-11(20)21-12(2,3)4/h5H,6H2,1-4H3,(H,17,20)(H,18,19). The lowest BCUT2D eigenvalue weighted by Crippen LogP contribution is -2.34. The summed E-state index contributed by atoms with van der Waals surface area (Å²) in [4.78, 5) is 25.4. The highest BCUT2D eigenvalue weighted by molar-refractivity contribution is 5.67. The molecule has 0 aliphatic heterocycles. The molecule has 1 heterocycles. The summed E-state index contributed by atoms with van der Waals surface area (Å²) in [7, 11) is 0. The van der Waals surface area contributed by atoms with Crippen molar-refractivity contribution in [3.63, 3.8) is 0 Å². The van der Waals surface area contributed by atoms with Crippen LogP contribution in [0.3, 0.4) is 0 Å². The van der Waals surface area contributed by atoms with Crippen LogP contribution in [0, 0.1) is 6.92 Å². The van der Waals surface area contributed by atoms with E-state index in [0.717, 1.165) is 6.07 Å². The molecule has 0 saturated carbocycles. The predicted octanol–water partition coefficient (Wildman–Crippen LogP) is 2.73. The van der Waals surface area contributed by atoms with Crippen molar-refractivity contribution >= 4 is 6.09 Å². The van der Waals surface area contributed by atoms with Crippen molar-refractivity contribution in [2.45, 2.75) is 46.0 Å². The van der Waals surface area contributed by atoms with Crippen LogP contribution in [0.15, 0.2) is 10.9 Å². The van der Waals surface area contributed by atoms with Gasteiger partial charge < -0.3 is 15.0 Å². The lowest BCUT2D eigenvalue weighted by molar-refractivity contribution is -0.138. The number of nitrogens with one attached hydrogen (secondary N) is 2. The molecule has 5 nitrogen and oxygen atoms in total. The van der Waals surface area contributed by atoms with E-state index >= 15 is 0 Å². The molecule has 0 saturated heterocycles. The Labute approximate surface area is 119 Å². The number of halogens is 3. The van der Waals surface area contributed by atoms with Crippen LogP contribution in [-0.2, 0) is 17.5 Å². The van der Waals surface area contributed by atoms with Crippen LogP contribution in [-0.4, -0.2) is 16.7 Å². The average Bonchev–Trinajstić information content (AvgIpc) is 2.23. The molecule has 1 amide bonds. The molecule has 0 aromatic carbocycles. The molecule has 0 aliphatic rings. The summed E-state index contributed by atoms with van der Waals surface area (Å²) in [6.07, 6.45) is -5.57. The Morgan fingerprint density at radius 3 is 2.38 bits per heavy atom. The summed E-state index contributed by atoms with van der Waals surface area (Å²) in [6.45, 7) is 5.63. The summed E-state index contributed by atoms with van der Waals surface area (Å²) in [5, 5.41) is 2.15. The van der Waals surface area contributed by atoms with Crippen LogP contribution < -0.4 is 10.9 Å². The van der Waals surface area contributed by atoms with E-state index in [1.807, 2.05) is 0 Å². The van der Waals surface area contributed by atoms with Crippen LogP contribution in [0.5, 0.6) is 0 Å². The highest BCUT2D eigenvalue weighted by Gasteiger charge is 2.35. The van der Waals surface area contributed by atoms with Crippen LogP contribution in [0.25, 0.3) is 0 Å². The molecule has 0 atom stereocenters. The number of aromatic nitrogens is 1. The normalized spacial score (nSPS) is 12.1. The van der Waals surface area contributed by atoms with E-state index in [1.165, 1.54) is 6.92 Å². The van der Waals surface area contributed by atoms with E-state index < -0.39 is 41.1 Å². The summed E-state index contributed by atoms with van der Waals surface area (Å²) >= 11 is 0. The third-order valence-electron chi connectivity index (χ3n) is 2.38. The molecular weight excluding hydrogens is 289 g/mol. The van der Waals surface area contributed by atoms with Crippen molar-refractivity contribution in [1.29, 1.82) is 0 Å². The second-order valence-corrected chi connectivity index (χ2v) is 5.53. The van der Waals surface area contributed by atoms with Crippen molar-refractivity contribution in [2.75, 3.05) is 0 Å². The number of hydrogen-bond acceptors (Lipinski definition) is 3. The summed E-state index contributed by atoms with van der Waals surface area (Å²) in [5.41, 5.74) is -3.21. The number of pyridine rings is 1. The van der Waals surface area contributed by atoms with Gasteiger partial charge in [0.2, 0.25) is 0 Å². The molecule has 21 heavy (non-hydrogen) atoms. The van der Waals surface area contributed by atoms with Crippen LogP contribution >= 0.6 is 0 Å². The van der Waals surface area contributed by atoms with E-state index in [9.17, 15) is 22.8 Å². The fourth-order valence-electron chi connectivity index (χ4n) is 1.62. The molecule has 1 aromatic rings. The molecule has 1 aromatic heterocycles. The molecule has 0 aliphatic carbocycles. The van der Waals surface area contributed by atoms with Crippen molar-refractivity contribution in [1.82, 2.24) is 10.3 Å². The number of ether oxygens (including phenoxy) is 1. The number of carbonyl (C=O) groups excluding carboxylic acids is 1. The summed E-state index contributed by atoms with van der Waals surface area (Å²) < 4.78 is 43.6. The molecule has 0 bridgehead atoms. The van der Waals surface area contributed by atoms with Crippen molar-refractivity contribution in [2.24, 2.45) is 0 Å². The summed E-state index contributed by atoms with van der Waals surface area (Å²) in [6, 6.07) is 0.827. The number of aryl methyl sites for hydroxylation is 1. The quantitative estimate of drug-likeness (QED) is 0.882. The number of H-pyrrole nitrogens is 1. The zero-order valence-corrected chi connectivity index (χ0v) is 12.1. The van der Waals surface area contributed by atoms with Gasteiger partial charge in [-0.15, -0.1) is 0 Å². The lowest BCUT2D eigenvalue weighted by Gasteiger charge is -2.20. The predicted molar refractivity (Wildman–Crippen MR) is 69.9 cm³/mol. The topological polar surface area (TPSA) is 71.2 Å². The zero-order valence-electron chi connectivity index (χ0n) is 12.1. The zero-order chi connectivity index (χ0) is 16.4. The Morgan fingerprint density at radius 2 is 1.90 bits per heavy atom. The molecule has 1 rings (SSSR count). The number of alkyl carbamates (subject to hydrolysis) is 1. The first kappa shape index (κ1) is 17.1. The molecule has 0 unspecified atom stereocenters. The molecule has 118 valence electrons. The Balaban J connectivity index is 2.99. The Morgan fingerprint density at radius 1 is 1.33 bits per heavy atom. The van der Waals surface area contributed by atoms with E-state index in [0.29, 0.717) is 0 Å². The maximum absolute atomic E-state index is 12.9. The maximum atomic E-state index is 12.9. The summed E-state index contributed by atoms with van der Waals surface area (Å²) in [5.74, 6) is 0. The Hall–Kier alpha value is -1.99.